The Morgan fingerprint density at radius 2 is 2.06 bits per heavy atom. The van der Waals surface area contributed by atoms with Crippen LogP contribution in [0.5, 0.6) is 0 Å². The van der Waals surface area contributed by atoms with E-state index in [1.165, 1.54) is 0 Å². The zero-order valence-electron chi connectivity index (χ0n) is 7.95. The molecule has 0 radical (unpaired) electrons. The molecule has 2 aromatic rings. The highest BCUT2D eigenvalue weighted by atomic mass is 35.5. The quantitative estimate of drug-likeness (QED) is 0.804. The van der Waals surface area contributed by atoms with Crippen LogP contribution in [0.2, 0.25) is 5.02 Å². The van der Waals surface area contributed by atoms with Gasteiger partial charge in [0, 0.05) is 10.7 Å². The molecule has 6 heteroatoms. The lowest BCUT2D eigenvalue weighted by molar-refractivity contribution is 1.44. The van der Waals surface area contributed by atoms with E-state index in [0.29, 0.717) is 10.0 Å². The van der Waals surface area contributed by atoms with Crippen molar-refractivity contribution in [3.05, 3.63) is 51.1 Å². The molecule has 80 valence electrons. The maximum atomic E-state index is 11.2. The van der Waals surface area contributed by atoms with Gasteiger partial charge in [0.1, 0.15) is 5.00 Å². The van der Waals surface area contributed by atoms with Gasteiger partial charge in [-0.25, -0.2) is 4.85 Å². The molecule has 0 unspecified atom stereocenters. The molecule has 0 aliphatic rings. The minimum atomic E-state index is -0.364. The Bertz CT molecular complexity index is 594. The third-order valence-corrected chi connectivity index (χ3v) is 2.93. The summed E-state index contributed by atoms with van der Waals surface area (Å²) in [4.78, 5) is 14.4. The zero-order chi connectivity index (χ0) is 11.5. The van der Waals surface area contributed by atoms with E-state index in [4.69, 9.17) is 18.2 Å². The van der Waals surface area contributed by atoms with Crippen LogP contribution >= 0.6 is 23.1 Å². The molecular formula is C10H6ClN3OS. The number of nitrogens with one attached hydrogen (secondary N) is 2. The summed E-state index contributed by atoms with van der Waals surface area (Å²) in [5.41, 5.74) is 0.501. The Hall–Kier alpha value is -1.77. The van der Waals surface area contributed by atoms with E-state index in [1.54, 1.807) is 24.3 Å². The van der Waals surface area contributed by atoms with E-state index in [1.807, 2.05) is 0 Å². The van der Waals surface area contributed by atoms with Gasteiger partial charge in [-0.05, 0) is 24.3 Å². The second kappa shape index (κ2) is 4.39. The van der Waals surface area contributed by atoms with Crippen LogP contribution in [-0.4, -0.2) is 4.37 Å². The summed E-state index contributed by atoms with van der Waals surface area (Å²) >= 11 is 6.85. The SMILES string of the molecule is [C-]#[N+]c1c(Nc2ccc(Cl)cc2)s[nH]c1=O. The molecule has 0 aliphatic heterocycles. The molecule has 1 aromatic heterocycles. The van der Waals surface area contributed by atoms with Gasteiger partial charge in [-0.2, -0.15) is 0 Å². The lowest BCUT2D eigenvalue weighted by atomic mass is 10.3. The zero-order valence-corrected chi connectivity index (χ0v) is 9.52. The van der Waals surface area contributed by atoms with Crippen molar-refractivity contribution in [2.75, 3.05) is 5.32 Å². The molecule has 2 N–H and O–H groups in total. The standard InChI is InChI=1S/C10H6ClN3OS/c1-12-8-9(15)14-16-10(8)13-7-4-2-6(11)3-5-7/h2-5,13H,(H,14,15). The first-order chi connectivity index (χ1) is 7.70. The smallest absolute Gasteiger partial charge is 0.285 e. The van der Waals surface area contributed by atoms with Crippen LogP contribution < -0.4 is 10.9 Å². The van der Waals surface area contributed by atoms with Crippen molar-refractivity contribution >= 4 is 39.5 Å². The highest BCUT2D eigenvalue weighted by Crippen LogP contribution is 2.28. The predicted octanol–water partition coefficient (Wildman–Crippen LogP) is 3.38. The van der Waals surface area contributed by atoms with Gasteiger partial charge >= 0.3 is 0 Å². The van der Waals surface area contributed by atoms with Crippen molar-refractivity contribution in [2.45, 2.75) is 0 Å². The number of hydrogen-bond acceptors (Lipinski definition) is 3. The number of halogens is 1. The van der Waals surface area contributed by atoms with Gasteiger partial charge in [0.15, 0.2) is 0 Å². The molecular weight excluding hydrogens is 246 g/mol. The molecule has 0 bridgehead atoms. The van der Waals surface area contributed by atoms with Crippen LogP contribution in [0.4, 0.5) is 16.4 Å². The van der Waals surface area contributed by atoms with Crippen molar-refractivity contribution in [3.8, 4) is 0 Å². The summed E-state index contributed by atoms with van der Waals surface area (Å²) in [5.74, 6) is 0. The van der Waals surface area contributed by atoms with Gasteiger partial charge in [-0.3, -0.25) is 9.17 Å². The van der Waals surface area contributed by atoms with Crippen molar-refractivity contribution in [1.29, 1.82) is 0 Å². The predicted molar refractivity (Wildman–Crippen MR) is 65.9 cm³/mol. The van der Waals surface area contributed by atoms with Crippen molar-refractivity contribution in [3.63, 3.8) is 0 Å². The topological polar surface area (TPSA) is 49.2 Å². The fourth-order valence-electron chi connectivity index (χ4n) is 1.15. The molecule has 0 aliphatic carbocycles. The summed E-state index contributed by atoms with van der Waals surface area (Å²) in [6.07, 6.45) is 0. The maximum absolute atomic E-state index is 11.2. The average molecular weight is 252 g/mol. The van der Waals surface area contributed by atoms with Crippen LogP contribution in [0.25, 0.3) is 4.85 Å². The number of nitrogens with zero attached hydrogens (tertiary/aromatic N) is 1. The second-order valence-electron chi connectivity index (χ2n) is 2.95. The molecule has 0 amide bonds. The summed E-state index contributed by atoms with van der Waals surface area (Å²) in [6, 6.07) is 7.02. The number of hydrogen-bond donors (Lipinski definition) is 2. The van der Waals surface area contributed by atoms with E-state index in [9.17, 15) is 4.79 Å². The van der Waals surface area contributed by atoms with Crippen LogP contribution in [-0.2, 0) is 0 Å². The van der Waals surface area contributed by atoms with Gasteiger partial charge in [0.2, 0.25) is 0 Å². The third-order valence-electron chi connectivity index (χ3n) is 1.89. The first-order valence-electron chi connectivity index (χ1n) is 4.32. The Morgan fingerprint density at radius 1 is 1.38 bits per heavy atom. The Kier molecular flexibility index (Phi) is 2.95. The molecule has 4 nitrogen and oxygen atoms in total. The van der Waals surface area contributed by atoms with E-state index in [-0.39, 0.29) is 11.2 Å². The van der Waals surface area contributed by atoms with Crippen LogP contribution in [0, 0.1) is 6.57 Å². The van der Waals surface area contributed by atoms with E-state index < -0.39 is 0 Å². The summed E-state index contributed by atoms with van der Waals surface area (Å²) in [7, 11) is 0. The minimum absolute atomic E-state index is 0.0833. The number of aromatic amines is 1. The normalized spacial score (nSPS) is 9.75. The van der Waals surface area contributed by atoms with Gasteiger partial charge in [0.25, 0.3) is 11.2 Å². The van der Waals surface area contributed by atoms with E-state index >= 15 is 0 Å². The van der Waals surface area contributed by atoms with Crippen molar-refractivity contribution in [1.82, 2.24) is 4.37 Å². The molecule has 2 rings (SSSR count). The average Bonchev–Trinajstić information content (AvgIpc) is 2.63. The molecule has 0 atom stereocenters. The number of benzene rings is 1. The Balaban J connectivity index is 2.31. The molecule has 16 heavy (non-hydrogen) atoms. The van der Waals surface area contributed by atoms with Gasteiger partial charge < -0.3 is 5.32 Å². The first kappa shape index (κ1) is 10.7. The van der Waals surface area contributed by atoms with Crippen LogP contribution in [0.1, 0.15) is 0 Å². The Labute approximate surface area is 100 Å². The number of anilines is 2. The number of rotatable bonds is 2. The minimum Gasteiger partial charge on any atom is -0.355 e. The molecule has 1 heterocycles. The number of H-pyrrole nitrogens is 1. The van der Waals surface area contributed by atoms with Crippen LogP contribution in [0.3, 0.4) is 0 Å². The van der Waals surface area contributed by atoms with Crippen molar-refractivity contribution in [2.24, 2.45) is 0 Å². The fraction of sp³-hybridized carbons (Fsp3) is 0. The first-order valence-corrected chi connectivity index (χ1v) is 5.51. The largest absolute Gasteiger partial charge is 0.355 e. The molecule has 0 saturated heterocycles. The fourth-order valence-corrected chi connectivity index (χ4v) is 1.97. The summed E-state index contributed by atoms with van der Waals surface area (Å²) in [5, 5.41) is 4.14. The lowest BCUT2D eigenvalue weighted by Gasteiger charge is -2.02. The highest BCUT2D eigenvalue weighted by molar-refractivity contribution is 7.11. The summed E-state index contributed by atoms with van der Waals surface area (Å²) in [6.45, 7) is 6.89. The summed E-state index contributed by atoms with van der Waals surface area (Å²) < 4.78 is 2.50. The van der Waals surface area contributed by atoms with Crippen molar-refractivity contribution < 1.29 is 0 Å². The molecule has 0 saturated carbocycles. The van der Waals surface area contributed by atoms with Gasteiger partial charge in [-0.1, -0.05) is 23.1 Å². The van der Waals surface area contributed by atoms with E-state index in [0.717, 1.165) is 17.2 Å². The number of aromatic nitrogens is 1. The van der Waals surface area contributed by atoms with Gasteiger partial charge in [-0.15, -0.1) is 0 Å². The monoisotopic (exact) mass is 251 g/mol. The van der Waals surface area contributed by atoms with Crippen LogP contribution in [0.15, 0.2) is 29.1 Å². The maximum Gasteiger partial charge on any atom is 0.285 e. The molecule has 0 spiro atoms. The second-order valence-corrected chi connectivity index (χ2v) is 4.21. The third kappa shape index (κ3) is 2.08. The molecule has 1 aromatic carbocycles. The van der Waals surface area contributed by atoms with Gasteiger partial charge in [0.05, 0.1) is 6.57 Å². The Morgan fingerprint density at radius 3 is 2.69 bits per heavy atom. The molecule has 0 fully saturated rings. The van der Waals surface area contributed by atoms with E-state index in [2.05, 4.69) is 14.5 Å². The highest BCUT2D eigenvalue weighted by Gasteiger charge is 2.09. The lowest BCUT2D eigenvalue weighted by Crippen LogP contribution is -1.95.